The second-order valence-electron chi connectivity index (χ2n) is 9.42. The van der Waals surface area contributed by atoms with Gasteiger partial charge in [0.25, 0.3) is 0 Å². The number of benzene rings is 1. The summed E-state index contributed by atoms with van der Waals surface area (Å²) in [5.41, 5.74) is 1.23. The van der Waals surface area contributed by atoms with E-state index in [4.69, 9.17) is 9.47 Å². The van der Waals surface area contributed by atoms with E-state index in [0.717, 1.165) is 25.4 Å². The Hall–Kier alpha value is -1.12. The van der Waals surface area contributed by atoms with Gasteiger partial charge in [0.2, 0.25) is 0 Å². The van der Waals surface area contributed by atoms with Crippen molar-refractivity contribution in [2.24, 2.45) is 5.92 Å². The molecule has 0 aliphatic rings. The third-order valence-electron chi connectivity index (χ3n) is 6.22. The Kier molecular flexibility index (Phi) is 41.4. The molecule has 2 heteroatoms. The Morgan fingerprint density at radius 1 is 0.711 bits per heavy atom. The molecule has 0 heterocycles. The van der Waals surface area contributed by atoms with Gasteiger partial charge in [-0.2, -0.15) is 0 Å². The molecule has 1 rings (SSSR count). The van der Waals surface area contributed by atoms with Crippen LogP contribution in [0.3, 0.4) is 0 Å². The van der Waals surface area contributed by atoms with Crippen LogP contribution in [0.15, 0.2) is 42.5 Å². The van der Waals surface area contributed by atoms with Crippen LogP contribution in [0.4, 0.5) is 0 Å². The molecule has 0 spiro atoms. The summed E-state index contributed by atoms with van der Waals surface area (Å²) in [6, 6.07) is 10.4. The molecule has 226 valence electrons. The van der Waals surface area contributed by atoms with Crippen LogP contribution in [0.1, 0.15) is 158 Å². The first-order chi connectivity index (χ1) is 18.8. The molecular formula is C36H70O2. The van der Waals surface area contributed by atoms with Gasteiger partial charge in [0.15, 0.2) is 0 Å². The van der Waals surface area contributed by atoms with Gasteiger partial charge in [-0.3, -0.25) is 0 Å². The fourth-order valence-electron chi connectivity index (χ4n) is 3.95. The van der Waals surface area contributed by atoms with Crippen molar-refractivity contribution < 1.29 is 9.47 Å². The van der Waals surface area contributed by atoms with Crippen molar-refractivity contribution >= 4 is 0 Å². The second-order valence-corrected chi connectivity index (χ2v) is 9.42. The highest BCUT2D eigenvalue weighted by molar-refractivity contribution is 5.13. The predicted molar refractivity (Wildman–Crippen MR) is 174 cm³/mol. The first kappa shape index (κ1) is 41.4. The maximum Gasteiger partial charge on any atom is 0.0810 e. The minimum absolute atomic E-state index is 0.198. The van der Waals surface area contributed by atoms with Gasteiger partial charge in [-0.05, 0) is 43.6 Å². The first-order valence-corrected chi connectivity index (χ1v) is 16.7. The molecule has 0 fully saturated rings. The zero-order chi connectivity index (χ0) is 29.1. The maximum absolute atomic E-state index is 5.99. The van der Waals surface area contributed by atoms with Gasteiger partial charge >= 0.3 is 0 Å². The van der Waals surface area contributed by atoms with Gasteiger partial charge in [-0.15, -0.1) is 0 Å². The molecule has 0 bridgehead atoms. The molecule has 0 aromatic heterocycles. The third-order valence-corrected chi connectivity index (χ3v) is 6.22. The molecular weight excluding hydrogens is 464 g/mol. The standard InChI is InChI=1S/C30H52O2.3C2H6/c1-4-6-7-8-9-10-11-12-16-21-28(3)22-17-13-14-20-25-31-27-30(5-2)32-26-29-23-18-15-19-24-29;3*1-2/h15-16,18-19,21,23-24,28,30H,4-14,17,20,22,25-27H2,1-3H3;3*1-2H3/b21-16+;;;. The van der Waals surface area contributed by atoms with Gasteiger partial charge in [0, 0.05) is 6.61 Å². The molecule has 0 radical (unpaired) electrons. The molecule has 2 nitrogen and oxygen atoms in total. The molecule has 0 saturated heterocycles. The molecule has 1 aromatic carbocycles. The Bertz CT molecular complexity index is 525. The van der Waals surface area contributed by atoms with Crippen LogP contribution in [0, 0.1) is 5.92 Å². The van der Waals surface area contributed by atoms with Crippen molar-refractivity contribution in [2.75, 3.05) is 13.2 Å². The first-order valence-electron chi connectivity index (χ1n) is 16.7. The zero-order valence-electron chi connectivity index (χ0n) is 27.5. The quantitative estimate of drug-likeness (QED) is 0.109. The van der Waals surface area contributed by atoms with Crippen LogP contribution < -0.4 is 0 Å². The van der Waals surface area contributed by atoms with E-state index in [0.29, 0.717) is 13.2 Å². The minimum Gasteiger partial charge on any atom is -0.379 e. The van der Waals surface area contributed by atoms with Crippen molar-refractivity contribution in [3.63, 3.8) is 0 Å². The van der Waals surface area contributed by atoms with Crippen LogP contribution in [0.5, 0.6) is 0 Å². The number of unbranched alkanes of at least 4 members (excludes halogenated alkanes) is 10. The van der Waals surface area contributed by atoms with Crippen molar-refractivity contribution in [3.05, 3.63) is 48.0 Å². The summed E-state index contributed by atoms with van der Waals surface area (Å²) in [6.07, 6.45) is 23.6. The molecule has 0 aliphatic carbocycles. The van der Waals surface area contributed by atoms with Gasteiger partial charge in [0.1, 0.15) is 0 Å². The van der Waals surface area contributed by atoms with E-state index >= 15 is 0 Å². The van der Waals surface area contributed by atoms with E-state index in [9.17, 15) is 0 Å². The van der Waals surface area contributed by atoms with E-state index in [-0.39, 0.29) is 6.10 Å². The topological polar surface area (TPSA) is 18.5 Å². The van der Waals surface area contributed by atoms with E-state index in [1.54, 1.807) is 0 Å². The van der Waals surface area contributed by atoms with Crippen molar-refractivity contribution in [1.82, 2.24) is 0 Å². The largest absolute Gasteiger partial charge is 0.379 e. The van der Waals surface area contributed by atoms with E-state index in [1.807, 2.05) is 47.6 Å². The predicted octanol–water partition coefficient (Wildman–Crippen LogP) is 12.4. The minimum atomic E-state index is 0.198. The van der Waals surface area contributed by atoms with Crippen molar-refractivity contribution in [2.45, 2.75) is 165 Å². The Balaban J connectivity index is -0.00000190. The van der Waals surface area contributed by atoms with E-state index < -0.39 is 0 Å². The van der Waals surface area contributed by atoms with Crippen LogP contribution in [-0.2, 0) is 16.1 Å². The molecule has 2 unspecified atom stereocenters. The van der Waals surface area contributed by atoms with Crippen LogP contribution >= 0.6 is 0 Å². The molecule has 1 aromatic rings. The average Bonchev–Trinajstić information content (AvgIpc) is 2.98. The summed E-state index contributed by atoms with van der Waals surface area (Å²) in [5.74, 6) is 0.725. The zero-order valence-corrected chi connectivity index (χ0v) is 27.5. The lowest BCUT2D eigenvalue weighted by Crippen LogP contribution is -2.19. The summed E-state index contributed by atoms with van der Waals surface area (Å²) in [7, 11) is 0. The van der Waals surface area contributed by atoms with Gasteiger partial charge in [-0.1, -0.05) is 163 Å². The van der Waals surface area contributed by atoms with E-state index in [1.165, 1.54) is 82.6 Å². The summed E-state index contributed by atoms with van der Waals surface area (Å²) < 4.78 is 11.9. The summed E-state index contributed by atoms with van der Waals surface area (Å²) in [6.45, 7) is 21.1. The molecule has 38 heavy (non-hydrogen) atoms. The molecule has 0 aliphatic heterocycles. The number of hydrogen-bond acceptors (Lipinski definition) is 2. The molecule has 0 saturated carbocycles. The third kappa shape index (κ3) is 31.1. The summed E-state index contributed by atoms with van der Waals surface area (Å²) in [4.78, 5) is 0. The van der Waals surface area contributed by atoms with Crippen LogP contribution in [0.2, 0.25) is 0 Å². The Labute approximate surface area is 241 Å². The van der Waals surface area contributed by atoms with Crippen LogP contribution in [-0.4, -0.2) is 19.3 Å². The average molecular weight is 535 g/mol. The lowest BCUT2D eigenvalue weighted by Gasteiger charge is -2.16. The van der Waals surface area contributed by atoms with Gasteiger partial charge in [-0.25, -0.2) is 0 Å². The normalized spacial score (nSPS) is 11.9. The fourth-order valence-corrected chi connectivity index (χ4v) is 3.95. The van der Waals surface area contributed by atoms with Crippen molar-refractivity contribution in [1.29, 1.82) is 0 Å². The Morgan fingerprint density at radius 3 is 1.92 bits per heavy atom. The molecule has 0 amide bonds. The highest BCUT2D eigenvalue weighted by Crippen LogP contribution is 2.14. The highest BCUT2D eigenvalue weighted by atomic mass is 16.5. The Morgan fingerprint density at radius 2 is 1.29 bits per heavy atom. The summed E-state index contributed by atoms with van der Waals surface area (Å²) in [5, 5.41) is 0. The van der Waals surface area contributed by atoms with E-state index in [2.05, 4.69) is 57.2 Å². The molecule has 0 N–H and O–H groups in total. The number of ether oxygens (including phenoxy) is 2. The maximum atomic E-state index is 5.99. The monoisotopic (exact) mass is 535 g/mol. The lowest BCUT2D eigenvalue weighted by atomic mass is 10.0. The van der Waals surface area contributed by atoms with Crippen LogP contribution in [0.25, 0.3) is 0 Å². The summed E-state index contributed by atoms with van der Waals surface area (Å²) >= 11 is 0. The lowest BCUT2D eigenvalue weighted by molar-refractivity contribution is -0.0269. The number of allylic oxidation sites excluding steroid dienone is 2. The fraction of sp³-hybridized carbons (Fsp3) is 0.778. The smallest absolute Gasteiger partial charge is 0.0810 e. The number of rotatable bonds is 22. The molecule has 2 atom stereocenters. The van der Waals surface area contributed by atoms with Crippen molar-refractivity contribution in [3.8, 4) is 0 Å². The highest BCUT2D eigenvalue weighted by Gasteiger charge is 2.07. The van der Waals surface area contributed by atoms with Gasteiger partial charge in [0.05, 0.1) is 19.3 Å². The van der Waals surface area contributed by atoms with Gasteiger partial charge < -0.3 is 9.47 Å². The second kappa shape index (κ2) is 38.0. The SMILES string of the molecule is CC.CC.CC.CCCCCCCCC/C=C/C(C)CCCCCCOCC(CC)OCc1ccccc1. The number of hydrogen-bond donors (Lipinski definition) is 0.